The summed E-state index contributed by atoms with van der Waals surface area (Å²) in [6.45, 7) is 2.36. The summed E-state index contributed by atoms with van der Waals surface area (Å²) >= 11 is -2.06. The first kappa shape index (κ1) is 12.5. The average Bonchev–Trinajstić information content (AvgIpc) is 1.87. The average molecular weight is 274 g/mol. The summed E-state index contributed by atoms with van der Waals surface area (Å²) in [7, 11) is 15.0. The van der Waals surface area contributed by atoms with E-state index in [0.29, 0.717) is 0 Å². The number of hydrogen-bond donors (Lipinski definition) is 0. The Morgan fingerprint density at radius 3 is 1.55 bits per heavy atom. The van der Waals surface area contributed by atoms with E-state index in [0.717, 1.165) is 5.92 Å². The van der Waals surface area contributed by atoms with E-state index in [4.69, 9.17) is 28.9 Å². The Labute approximate surface area is 86.7 Å². The van der Waals surface area contributed by atoms with Gasteiger partial charge >= 0.3 is 42.1 Å². The van der Waals surface area contributed by atoms with Gasteiger partial charge in [-0.05, 0) is 5.92 Å². The molecule has 1 saturated carbocycles. The third-order valence-corrected chi connectivity index (χ3v) is 1.89. The molecule has 4 heteroatoms. The van der Waals surface area contributed by atoms with E-state index in [1.807, 2.05) is 0 Å². The molecule has 0 bridgehead atoms. The Balaban J connectivity index is 0.000000218. The molecule has 0 heterocycles. The second-order valence-corrected chi connectivity index (χ2v) is 14.3. The van der Waals surface area contributed by atoms with E-state index in [1.54, 1.807) is 0 Å². The van der Waals surface area contributed by atoms with E-state index in [9.17, 15) is 0 Å². The summed E-state index contributed by atoms with van der Waals surface area (Å²) in [6.07, 6.45) is 7.44. The van der Waals surface area contributed by atoms with Crippen molar-refractivity contribution in [1.82, 2.24) is 0 Å². The fourth-order valence-electron chi connectivity index (χ4n) is 1.31. The van der Waals surface area contributed by atoms with Gasteiger partial charge in [0.05, 0.1) is 0 Å². The monoisotopic (exact) mass is 272 g/mol. The predicted molar refractivity (Wildman–Crippen MR) is 55.6 cm³/mol. The van der Waals surface area contributed by atoms with Crippen LogP contribution in [0.2, 0.25) is 0 Å². The van der Waals surface area contributed by atoms with Gasteiger partial charge in [-0.3, -0.25) is 0 Å². The fourth-order valence-corrected chi connectivity index (χ4v) is 1.31. The molecule has 1 aliphatic rings. The van der Waals surface area contributed by atoms with Crippen LogP contribution in [0.4, 0.5) is 0 Å². The molecule has 0 atom stereocenters. The molecule has 0 aromatic rings. The van der Waals surface area contributed by atoms with E-state index < -0.39 is 13.2 Å². The predicted octanol–water partition coefficient (Wildman–Crippen LogP) is 4.27. The van der Waals surface area contributed by atoms with Crippen LogP contribution in [0.15, 0.2) is 0 Å². The zero-order valence-electron chi connectivity index (χ0n) is 6.82. The van der Waals surface area contributed by atoms with E-state index in [2.05, 4.69) is 6.92 Å². The second kappa shape index (κ2) is 8.12. The summed E-state index contributed by atoms with van der Waals surface area (Å²) in [5.74, 6) is 1.04. The van der Waals surface area contributed by atoms with Crippen molar-refractivity contribution in [2.75, 3.05) is 0 Å². The maximum absolute atomic E-state index is 4.99. The molecular weight excluding hydrogens is 260 g/mol. The van der Waals surface area contributed by atoms with E-state index in [1.165, 1.54) is 32.1 Å². The summed E-state index contributed by atoms with van der Waals surface area (Å²) in [5, 5.41) is 0. The van der Waals surface area contributed by atoms with Crippen LogP contribution in [0.3, 0.4) is 0 Å². The zero-order valence-corrected chi connectivity index (χ0v) is 11.5. The molecule has 0 saturated heterocycles. The first-order chi connectivity index (χ1) is 5.13. The molecule has 1 aliphatic carbocycles. The van der Waals surface area contributed by atoms with Crippen LogP contribution in [-0.4, -0.2) is 13.2 Å². The van der Waals surface area contributed by atoms with Gasteiger partial charge in [-0.1, -0.05) is 39.0 Å². The number of hydrogen-bond acceptors (Lipinski definition) is 0. The van der Waals surface area contributed by atoms with Crippen molar-refractivity contribution in [2.45, 2.75) is 39.0 Å². The molecule has 11 heavy (non-hydrogen) atoms. The molecule has 0 radical (unpaired) electrons. The molecule has 1 fully saturated rings. The molecular formula is C7H14Cl3Ga. The molecule has 1 rings (SSSR count). The van der Waals surface area contributed by atoms with Gasteiger partial charge in [-0.25, -0.2) is 0 Å². The second-order valence-electron chi connectivity index (χ2n) is 2.99. The Morgan fingerprint density at radius 1 is 1.00 bits per heavy atom. The summed E-state index contributed by atoms with van der Waals surface area (Å²) in [4.78, 5) is 0. The van der Waals surface area contributed by atoms with Gasteiger partial charge < -0.3 is 0 Å². The molecule has 0 spiro atoms. The molecule has 0 nitrogen and oxygen atoms in total. The minimum atomic E-state index is -2.06. The maximum atomic E-state index is 4.99. The van der Waals surface area contributed by atoms with Crippen LogP contribution in [0.25, 0.3) is 0 Å². The quantitative estimate of drug-likeness (QED) is 0.578. The Bertz CT molecular complexity index is 79.0. The first-order valence-corrected chi connectivity index (χ1v) is 13.6. The van der Waals surface area contributed by atoms with Crippen molar-refractivity contribution in [1.29, 1.82) is 0 Å². The molecule has 0 unspecified atom stereocenters. The van der Waals surface area contributed by atoms with Crippen molar-refractivity contribution >= 4 is 42.1 Å². The van der Waals surface area contributed by atoms with Crippen molar-refractivity contribution in [3.05, 3.63) is 0 Å². The van der Waals surface area contributed by atoms with Crippen molar-refractivity contribution < 1.29 is 0 Å². The zero-order chi connectivity index (χ0) is 8.69. The van der Waals surface area contributed by atoms with Gasteiger partial charge in [-0.15, -0.1) is 0 Å². The Hall–Kier alpha value is 1.51. The SMILES string of the molecule is CC1CCCCC1.[Cl][Ga]([Cl])[Cl]. The van der Waals surface area contributed by atoms with Crippen LogP contribution in [0.5, 0.6) is 0 Å². The molecule has 0 amide bonds. The van der Waals surface area contributed by atoms with Gasteiger partial charge in [0.15, 0.2) is 0 Å². The van der Waals surface area contributed by atoms with Crippen molar-refractivity contribution in [2.24, 2.45) is 5.92 Å². The topological polar surface area (TPSA) is 0 Å². The normalized spacial score (nSPS) is 18.5. The first-order valence-electron chi connectivity index (χ1n) is 4.05. The molecule has 0 aromatic heterocycles. The van der Waals surface area contributed by atoms with Crippen LogP contribution >= 0.6 is 28.9 Å². The molecule has 0 aromatic carbocycles. The van der Waals surface area contributed by atoms with E-state index in [-0.39, 0.29) is 0 Å². The van der Waals surface area contributed by atoms with Crippen LogP contribution in [-0.2, 0) is 0 Å². The number of halogens is 3. The Morgan fingerprint density at radius 2 is 1.36 bits per heavy atom. The number of rotatable bonds is 0. The van der Waals surface area contributed by atoms with Gasteiger partial charge in [0.2, 0.25) is 0 Å². The molecule has 66 valence electrons. The van der Waals surface area contributed by atoms with Crippen LogP contribution in [0, 0.1) is 5.92 Å². The van der Waals surface area contributed by atoms with Gasteiger partial charge in [0.25, 0.3) is 0 Å². The Kier molecular flexibility index (Phi) is 9.23. The van der Waals surface area contributed by atoms with Crippen LogP contribution in [0.1, 0.15) is 39.0 Å². The fraction of sp³-hybridized carbons (Fsp3) is 1.00. The van der Waals surface area contributed by atoms with Gasteiger partial charge in [0.1, 0.15) is 0 Å². The summed E-state index contributed by atoms with van der Waals surface area (Å²) in [5.41, 5.74) is 0. The van der Waals surface area contributed by atoms with Crippen molar-refractivity contribution in [3.63, 3.8) is 0 Å². The van der Waals surface area contributed by atoms with E-state index >= 15 is 0 Å². The summed E-state index contributed by atoms with van der Waals surface area (Å²) < 4.78 is 0. The summed E-state index contributed by atoms with van der Waals surface area (Å²) in [6, 6.07) is 0. The minimum absolute atomic E-state index is 1.04. The van der Waals surface area contributed by atoms with Gasteiger partial charge in [-0.2, -0.15) is 0 Å². The molecule has 0 N–H and O–H groups in total. The molecule has 0 aliphatic heterocycles. The third kappa shape index (κ3) is 11.5. The van der Waals surface area contributed by atoms with Gasteiger partial charge in [0, 0.05) is 0 Å². The van der Waals surface area contributed by atoms with Crippen molar-refractivity contribution in [3.8, 4) is 0 Å². The van der Waals surface area contributed by atoms with Crippen LogP contribution < -0.4 is 0 Å². The third-order valence-electron chi connectivity index (χ3n) is 1.89. The standard InChI is InChI=1S/C7H14.3ClH.Ga/c1-7-5-3-2-4-6-7;;;;/h7H,2-6H2,1H3;3*1H;/q;;;;+3/p-3.